The van der Waals surface area contributed by atoms with Crippen LogP contribution in [0.25, 0.3) is 0 Å². The molecule has 0 bridgehead atoms. The number of nitrogens with two attached hydrogens (primary N) is 1. The van der Waals surface area contributed by atoms with Crippen LogP contribution in [0.5, 0.6) is 0 Å². The van der Waals surface area contributed by atoms with E-state index >= 15 is 0 Å². The minimum Gasteiger partial charge on any atom is -0.325 e. The van der Waals surface area contributed by atoms with Crippen LogP contribution in [0.2, 0.25) is 0 Å². The molecule has 88 valence electrons. The van der Waals surface area contributed by atoms with E-state index in [1.807, 2.05) is 13.8 Å². The molecule has 0 saturated heterocycles. The van der Waals surface area contributed by atoms with E-state index in [2.05, 4.69) is 5.32 Å². The fourth-order valence-corrected chi connectivity index (χ4v) is 1.34. The molecule has 0 aromatic heterocycles. The number of aryl methyl sites for hydroxylation is 1. The van der Waals surface area contributed by atoms with Crippen LogP contribution in [-0.4, -0.2) is 11.9 Å². The van der Waals surface area contributed by atoms with E-state index < -0.39 is 6.04 Å². The molecule has 0 heterocycles. The Labute approximate surface area is 94.8 Å². The number of halogens is 1. The molecule has 0 aliphatic heterocycles. The highest BCUT2D eigenvalue weighted by Crippen LogP contribution is 2.14. The molecule has 3 nitrogen and oxygen atoms in total. The molecule has 0 radical (unpaired) electrons. The Hall–Kier alpha value is -1.42. The summed E-state index contributed by atoms with van der Waals surface area (Å²) in [6.45, 7) is 5.49. The molecular weight excluding hydrogens is 207 g/mol. The molecule has 1 amide bonds. The number of carbonyl (C=O) groups excluding carboxylic acids is 1. The highest BCUT2D eigenvalue weighted by atomic mass is 19.1. The number of rotatable bonds is 3. The largest absolute Gasteiger partial charge is 0.325 e. The first-order valence-electron chi connectivity index (χ1n) is 5.24. The van der Waals surface area contributed by atoms with Crippen molar-refractivity contribution >= 4 is 11.6 Å². The first-order chi connectivity index (χ1) is 7.40. The molecule has 4 heteroatoms. The van der Waals surface area contributed by atoms with E-state index in [4.69, 9.17) is 5.73 Å². The van der Waals surface area contributed by atoms with Crippen molar-refractivity contribution in [3.63, 3.8) is 0 Å². The van der Waals surface area contributed by atoms with Crippen LogP contribution >= 0.6 is 0 Å². The van der Waals surface area contributed by atoms with Gasteiger partial charge in [0.05, 0.1) is 6.04 Å². The van der Waals surface area contributed by atoms with Crippen molar-refractivity contribution < 1.29 is 9.18 Å². The lowest BCUT2D eigenvalue weighted by Gasteiger charge is -2.15. The SMILES string of the molecule is Cc1cc(F)cc(NC(=O)C(N)C(C)C)c1. The van der Waals surface area contributed by atoms with E-state index in [9.17, 15) is 9.18 Å². The molecule has 16 heavy (non-hydrogen) atoms. The van der Waals surface area contributed by atoms with Crippen LogP contribution in [-0.2, 0) is 4.79 Å². The van der Waals surface area contributed by atoms with Crippen LogP contribution < -0.4 is 11.1 Å². The zero-order valence-corrected chi connectivity index (χ0v) is 9.75. The lowest BCUT2D eigenvalue weighted by Crippen LogP contribution is -2.39. The number of nitrogens with one attached hydrogen (secondary N) is 1. The maximum atomic E-state index is 13.1. The highest BCUT2D eigenvalue weighted by Gasteiger charge is 2.17. The normalized spacial score (nSPS) is 12.6. The number of carbonyl (C=O) groups is 1. The van der Waals surface area contributed by atoms with Crippen molar-refractivity contribution in [3.8, 4) is 0 Å². The molecule has 0 fully saturated rings. The van der Waals surface area contributed by atoms with Gasteiger partial charge in [0, 0.05) is 5.69 Å². The molecule has 0 spiro atoms. The Morgan fingerprint density at radius 3 is 2.50 bits per heavy atom. The molecule has 0 saturated carbocycles. The Kier molecular flexibility index (Phi) is 4.01. The van der Waals surface area contributed by atoms with Gasteiger partial charge < -0.3 is 11.1 Å². The molecule has 0 aliphatic rings. The number of amides is 1. The molecule has 0 aliphatic carbocycles. The molecule has 1 aromatic rings. The fraction of sp³-hybridized carbons (Fsp3) is 0.417. The molecule has 1 rings (SSSR count). The summed E-state index contributed by atoms with van der Waals surface area (Å²) in [5, 5.41) is 2.60. The van der Waals surface area contributed by atoms with Crippen molar-refractivity contribution in [3.05, 3.63) is 29.6 Å². The predicted octanol–water partition coefficient (Wildman–Crippen LogP) is 2.06. The Bertz CT molecular complexity index is 370. The summed E-state index contributed by atoms with van der Waals surface area (Å²) >= 11 is 0. The maximum Gasteiger partial charge on any atom is 0.241 e. The van der Waals surface area contributed by atoms with Crippen molar-refractivity contribution in [2.75, 3.05) is 5.32 Å². The van der Waals surface area contributed by atoms with Crippen LogP contribution in [0, 0.1) is 18.7 Å². The smallest absolute Gasteiger partial charge is 0.241 e. The number of benzene rings is 1. The number of hydrogen-bond acceptors (Lipinski definition) is 2. The standard InChI is InChI=1S/C12H17FN2O/c1-7(2)11(14)12(16)15-10-5-8(3)4-9(13)6-10/h4-7,11H,14H2,1-3H3,(H,15,16). The molecule has 1 aromatic carbocycles. The topological polar surface area (TPSA) is 55.1 Å². The van der Waals surface area contributed by atoms with Crippen molar-refractivity contribution in [2.24, 2.45) is 11.7 Å². The summed E-state index contributed by atoms with van der Waals surface area (Å²) in [4.78, 5) is 11.6. The summed E-state index contributed by atoms with van der Waals surface area (Å²) in [6, 6.07) is 3.80. The van der Waals surface area contributed by atoms with Gasteiger partial charge in [-0.3, -0.25) is 4.79 Å². The van der Waals surface area contributed by atoms with E-state index in [1.165, 1.54) is 12.1 Å². The maximum absolute atomic E-state index is 13.1. The number of anilines is 1. The zero-order chi connectivity index (χ0) is 12.3. The van der Waals surface area contributed by atoms with Gasteiger partial charge in [-0.15, -0.1) is 0 Å². The minimum atomic E-state index is -0.580. The first-order valence-corrected chi connectivity index (χ1v) is 5.24. The van der Waals surface area contributed by atoms with Crippen LogP contribution in [0.15, 0.2) is 18.2 Å². The van der Waals surface area contributed by atoms with Crippen molar-refractivity contribution in [2.45, 2.75) is 26.8 Å². The van der Waals surface area contributed by atoms with E-state index in [1.54, 1.807) is 13.0 Å². The molecule has 1 unspecified atom stereocenters. The number of hydrogen-bond donors (Lipinski definition) is 2. The van der Waals surface area contributed by atoms with Crippen LogP contribution in [0.1, 0.15) is 19.4 Å². The summed E-state index contributed by atoms with van der Waals surface area (Å²) in [6.07, 6.45) is 0. The van der Waals surface area contributed by atoms with Gasteiger partial charge in [0.25, 0.3) is 0 Å². The van der Waals surface area contributed by atoms with Gasteiger partial charge in [0.2, 0.25) is 5.91 Å². The van der Waals surface area contributed by atoms with Gasteiger partial charge in [-0.1, -0.05) is 13.8 Å². The van der Waals surface area contributed by atoms with Gasteiger partial charge in [0.15, 0.2) is 0 Å². The third kappa shape index (κ3) is 3.31. The monoisotopic (exact) mass is 224 g/mol. The van der Waals surface area contributed by atoms with Gasteiger partial charge in [-0.25, -0.2) is 4.39 Å². The van der Waals surface area contributed by atoms with Gasteiger partial charge in [-0.05, 0) is 36.6 Å². The lowest BCUT2D eigenvalue weighted by molar-refractivity contribution is -0.118. The van der Waals surface area contributed by atoms with E-state index in [0.717, 1.165) is 5.56 Å². The Morgan fingerprint density at radius 2 is 2.00 bits per heavy atom. The Balaban J connectivity index is 2.77. The third-order valence-corrected chi connectivity index (χ3v) is 2.33. The van der Waals surface area contributed by atoms with Gasteiger partial charge in [0.1, 0.15) is 5.82 Å². The predicted molar refractivity (Wildman–Crippen MR) is 62.6 cm³/mol. The average Bonchev–Trinajstić information content (AvgIpc) is 2.14. The van der Waals surface area contributed by atoms with Crippen molar-refractivity contribution in [1.29, 1.82) is 0 Å². The lowest BCUT2D eigenvalue weighted by atomic mass is 10.0. The Morgan fingerprint density at radius 1 is 1.38 bits per heavy atom. The van der Waals surface area contributed by atoms with Crippen molar-refractivity contribution in [1.82, 2.24) is 0 Å². The summed E-state index contributed by atoms with van der Waals surface area (Å²) in [5.41, 5.74) is 6.88. The highest BCUT2D eigenvalue weighted by molar-refractivity contribution is 5.94. The summed E-state index contributed by atoms with van der Waals surface area (Å²) < 4.78 is 13.1. The third-order valence-electron chi connectivity index (χ3n) is 2.33. The first kappa shape index (κ1) is 12.6. The van der Waals surface area contributed by atoms with E-state index in [0.29, 0.717) is 5.69 Å². The summed E-state index contributed by atoms with van der Waals surface area (Å²) in [5.74, 6) is -0.608. The zero-order valence-electron chi connectivity index (χ0n) is 9.75. The fourth-order valence-electron chi connectivity index (χ4n) is 1.34. The minimum absolute atomic E-state index is 0.0506. The second-order valence-corrected chi connectivity index (χ2v) is 4.28. The quantitative estimate of drug-likeness (QED) is 0.825. The second kappa shape index (κ2) is 5.07. The van der Waals surface area contributed by atoms with Crippen LogP contribution in [0.3, 0.4) is 0 Å². The second-order valence-electron chi connectivity index (χ2n) is 4.28. The van der Waals surface area contributed by atoms with Gasteiger partial charge in [-0.2, -0.15) is 0 Å². The molecular formula is C12H17FN2O. The average molecular weight is 224 g/mol. The molecule has 1 atom stereocenters. The van der Waals surface area contributed by atoms with Gasteiger partial charge >= 0.3 is 0 Å². The summed E-state index contributed by atoms with van der Waals surface area (Å²) in [7, 11) is 0. The molecule has 3 N–H and O–H groups in total. The van der Waals surface area contributed by atoms with Crippen LogP contribution in [0.4, 0.5) is 10.1 Å². The van der Waals surface area contributed by atoms with E-state index in [-0.39, 0.29) is 17.6 Å².